The Bertz CT molecular complexity index is 785. The lowest BCUT2D eigenvalue weighted by atomic mass is 10.1. The smallest absolute Gasteiger partial charge is 0.305 e. The van der Waals surface area contributed by atoms with Gasteiger partial charge in [-0.1, -0.05) is 0 Å². The van der Waals surface area contributed by atoms with Crippen molar-refractivity contribution >= 4 is 11.0 Å². The van der Waals surface area contributed by atoms with Gasteiger partial charge in [0.15, 0.2) is 0 Å². The number of fused-ring (bicyclic) bond motifs is 1. The van der Waals surface area contributed by atoms with E-state index in [0.717, 1.165) is 16.7 Å². The summed E-state index contributed by atoms with van der Waals surface area (Å²) in [5, 5.41) is 0. The van der Waals surface area contributed by atoms with Crippen LogP contribution >= 0.6 is 0 Å². The highest BCUT2D eigenvalue weighted by molar-refractivity contribution is 5.76. The van der Waals surface area contributed by atoms with Crippen LogP contribution in [0, 0.1) is 0 Å². The van der Waals surface area contributed by atoms with E-state index in [-0.39, 0.29) is 11.6 Å². The van der Waals surface area contributed by atoms with Crippen molar-refractivity contribution in [3.8, 4) is 0 Å². The minimum absolute atomic E-state index is 0.0816. The van der Waals surface area contributed by atoms with Crippen molar-refractivity contribution in [1.82, 2.24) is 9.13 Å². The third kappa shape index (κ3) is 2.13. The zero-order valence-electron chi connectivity index (χ0n) is 11.2. The molecule has 1 heterocycles. The molecule has 0 radical (unpaired) electrons. The Hall–Kier alpha value is -2.05. The molecule has 0 aliphatic carbocycles. The van der Waals surface area contributed by atoms with Crippen molar-refractivity contribution < 1.29 is 13.2 Å². The van der Waals surface area contributed by atoms with Crippen LogP contribution in [-0.4, -0.2) is 9.13 Å². The van der Waals surface area contributed by atoms with Gasteiger partial charge in [0.25, 0.3) is 0 Å². The molecule has 0 saturated carbocycles. The highest BCUT2D eigenvalue weighted by Crippen LogP contribution is 2.31. The Balaban J connectivity index is 2.98. The molecule has 1 aromatic carbocycles. The first-order chi connectivity index (χ1) is 9.14. The average Bonchev–Trinajstić information content (AvgIpc) is 2.34. The lowest BCUT2D eigenvalue weighted by Crippen LogP contribution is -2.41. The van der Waals surface area contributed by atoms with Crippen molar-refractivity contribution in [3.05, 3.63) is 44.5 Å². The van der Waals surface area contributed by atoms with Crippen molar-refractivity contribution in [2.24, 2.45) is 7.05 Å². The molecule has 108 valence electrons. The third-order valence-corrected chi connectivity index (χ3v) is 3.15. The lowest BCUT2D eigenvalue weighted by molar-refractivity contribution is -0.137. The van der Waals surface area contributed by atoms with E-state index in [1.54, 1.807) is 13.8 Å². The van der Waals surface area contributed by atoms with E-state index in [2.05, 4.69) is 0 Å². The molecule has 2 aromatic rings. The fraction of sp³-hybridized carbons (Fsp3) is 0.385. The molecule has 0 unspecified atom stereocenters. The third-order valence-electron chi connectivity index (χ3n) is 3.15. The maximum Gasteiger partial charge on any atom is 0.416 e. The molecule has 0 N–H and O–H groups in total. The Morgan fingerprint density at radius 3 is 2.15 bits per heavy atom. The molecule has 4 nitrogen and oxygen atoms in total. The van der Waals surface area contributed by atoms with Crippen LogP contribution in [0.4, 0.5) is 13.2 Å². The van der Waals surface area contributed by atoms with Crippen molar-refractivity contribution in [1.29, 1.82) is 0 Å². The molecule has 0 aliphatic heterocycles. The number of hydrogen-bond acceptors (Lipinski definition) is 2. The van der Waals surface area contributed by atoms with Gasteiger partial charge in [-0.05, 0) is 32.0 Å². The molecular formula is C13H13F3N2O2. The van der Waals surface area contributed by atoms with Crippen LogP contribution < -0.4 is 11.1 Å². The number of alkyl halides is 3. The highest BCUT2D eigenvalue weighted by Gasteiger charge is 2.31. The molecule has 1 aromatic heterocycles. The van der Waals surface area contributed by atoms with Gasteiger partial charge in [-0.2, -0.15) is 13.2 Å². The second-order valence-electron chi connectivity index (χ2n) is 4.83. The van der Waals surface area contributed by atoms with Crippen LogP contribution in [0.1, 0.15) is 25.5 Å². The van der Waals surface area contributed by atoms with E-state index in [1.807, 2.05) is 0 Å². The number of nitrogens with zero attached hydrogens (tertiary/aromatic N) is 2. The molecular weight excluding hydrogens is 273 g/mol. The normalized spacial score (nSPS) is 12.3. The van der Waals surface area contributed by atoms with Gasteiger partial charge in [0.05, 0.1) is 16.6 Å². The van der Waals surface area contributed by atoms with Crippen molar-refractivity contribution in [2.45, 2.75) is 26.1 Å². The van der Waals surface area contributed by atoms with Gasteiger partial charge in [0.2, 0.25) is 0 Å². The van der Waals surface area contributed by atoms with Crippen LogP contribution in [-0.2, 0) is 13.2 Å². The number of rotatable bonds is 1. The zero-order valence-corrected chi connectivity index (χ0v) is 11.2. The van der Waals surface area contributed by atoms with E-state index in [0.29, 0.717) is 5.52 Å². The number of halogens is 3. The summed E-state index contributed by atoms with van der Waals surface area (Å²) in [5.41, 5.74) is -2.05. The Kier molecular flexibility index (Phi) is 3.23. The van der Waals surface area contributed by atoms with Crippen LogP contribution in [0.2, 0.25) is 0 Å². The maximum absolute atomic E-state index is 12.7. The van der Waals surface area contributed by atoms with E-state index in [4.69, 9.17) is 0 Å². The largest absolute Gasteiger partial charge is 0.416 e. The summed E-state index contributed by atoms with van der Waals surface area (Å²) < 4.78 is 40.3. The van der Waals surface area contributed by atoms with Gasteiger partial charge in [0, 0.05) is 13.1 Å². The van der Waals surface area contributed by atoms with Crippen molar-refractivity contribution in [3.63, 3.8) is 0 Å². The summed E-state index contributed by atoms with van der Waals surface area (Å²) in [6.45, 7) is 3.38. The Morgan fingerprint density at radius 2 is 1.65 bits per heavy atom. The minimum Gasteiger partial charge on any atom is -0.305 e. The molecule has 7 heteroatoms. The predicted molar refractivity (Wildman–Crippen MR) is 68.8 cm³/mol. The monoisotopic (exact) mass is 286 g/mol. The van der Waals surface area contributed by atoms with Gasteiger partial charge >= 0.3 is 17.3 Å². The average molecular weight is 286 g/mol. The van der Waals surface area contributed by atoms with Gasteiger partial charge in [-0.15, -0.1) is 0 Å². The number of hydrogen-bond donors (Lipinski definition) is 0. The lowest BCUT2D eigenvalue weighted by Gasteiger charge is -2.16. The molecule has 0 saturated heterocycles. The van der Waals surface area contributed by atoms with Gasteiger partial charge in [0.1, 0.15) is 0 Å². The van der Waals surface area contributed by atoms with Crippen LogP contribution in [0.3, 0.4) is 0 Å². The number of benzene rings is 1. The van der Waals surface area contributed by atoms with Crippen LogP contribution in [0.5, 0.6) is 0 Å². The number of aromatic nitrogens is 2. The maximum atomic E-state index is 12.7. The molecule has 0 atom stereocenters. The van der Waals surface area contributed by atoms with Crippen LogP contribution in [0.25, 0.3) is 11.0 Å². The quantitative estimate of drug-likeness (QED) is 0.755. The minimum atomic E-state index is -4.50. The van der Waals surface area contributed by atoms with Crippen LogP contribution in [0.15, 0.2) is 27.8 Å². The molecule has 0 fully saturated rings. The van der Waals surface area contributed by atoms with Gasteiger partial charge in [-0.3, -0.25) is 14.2 Å². The standard InChI is InChI=1S/C13H13F3N2O2/c1-7(2)18-9-5-4-8(13(14,15)16)6-10(9)17(3)11(19)12(18)20/h4-7H,1-3H3. The molecule has 0 bridgehead atoms. The highest BCUT2D eigenvalue weighted by atomic mass is 19.4. The zero-order chi connectivity index (χ0) is 15.2. The first kappa shape index (κ1) is 14.4. The number of aryl methyl sites for hydroxylation is 1. The molecule has 0 spiro atoms. The summed E-state index contributed by atoms with van der Waals surface area (Å²) in [6.07, 6.45) is -4.50. The fourth-order valence-corrected chi connectivity index (χ4v) is 2.15. The summed E-state index contributed by atoms with van der Waals surface area (Å²) in [6, 6.07) is 2.69. The van der Waals surface area contributed by atoms with E-state index >= 15 is 0 Å². The Labute approximate surface area is 112 Å². The van der Waals surface area contributed by atoms with E-state index in [1.165, 1.54) is 17.7 Å². The summed E-state index contributed by atoms with van der Waals surface area (Å²) in [4.78, 5) is 23.8. The summed E-state index contributed by atoms with van der Waals surface area (Å²) in [5.74, 6) is 0. The fourth-order valence-electron chi connectivity index (χ4n) is 2.15. The van der Waals surface area contributed by atoms with Gasteiger partial charge < -0.3 is 4.57 Å². The summed E-state index contributed by atoms with van der Waals surface area (Å²) in [7, 11) is 1.29. The Morgan fingerprint density at radius 1 is 1.05 bits per heavy atom. The molecule has 0 amide bonds. The predicted octanol–water partition coefficient (Wildman–Crippen LogP) is 2.30. The summed E-state index contributed by atoms with van der Waals surface area (Å²) >= 11 is 0. The molecule has 20 heavy (non-hydrogen) atoms. The first-order valence-corrected chi connectivity index (χ1v) is 5.97. The van der Waals surface area contributed by atoms with E-state index in [9.17, 15) is 22.8 Å². The topological polar surface area (TPSA) is 44.0 Å². The molecule has 2 rings (SSSR count). The first-order valence-electron chi connectivity index (χ1n) is 5.97. The van der Waals surface area contributed by atoms with E-state index < -0.39 is 22.9 Å². The van der Waals surface area contributed by atoms with Crippen molar-refractivity contribution in [2.75, 3.05) is 0 Å². The molecule has 0 aliphatic rings. The van der Waals surface area contributed by atoms with Gasteiger partial charge in [-0.25, -0.2) is 0 Å². The second kappa shape index (κ2) is 4.50. The SMILES string of the molecule is CC(C)n1c(=O)c(=O)n(C)c2cc(C(F)(F)F)ccc21. The second-order valence-corrected chi connectivity index (χ2v) is 4.83.